The molecule has 0 aliphatic carbocycles. The molecule has 1 fully saturated rings. The first-order valence-corrected chi connectivity index (χ1v) is 14.2. The van der Waals surface area contributed by atoms with Crippen molar-refractivity contribution in [2.75, 3.05) is 5.73 Å². The number of fused-ring (bicyclic) bond motifs is 1. The Labute approximate surface area is 205 Å². The summed E-state index contributed by atoms with van der Waals surface area (Å²) in [5.74, 6) is 2.25. The van der Waals surface area contributed by atoms with Crippen molar-refractivity contribution in [2.45, 2.75) is 36.3 Å². The van der Waals surface area contributed by atoms with Crippen LogP contribution in [0, 0.1) is 11.3 Å². The fraction of sp³-hybridized carbons (Fsp3) is 0.462. The van der Waals surface area contributed by atoms with Crippen LogP contribution in [0.2, 0.25) is 0 Å². The van der Waals surface area contributed by atoms with E-state index in [1.165, 1.54) is 17.1 Å². The van der Waals surface area contributed by atoms with Crippen LogP contribution in [-0.2, 0) is 31.6 Å². The molecule has 22 heteroatoms. The van der Waals surface area contributed by atoms with Crippen LogP contribution in [0.15, 0.2) is 12.5 Å². The average Bonchev–Trinajstić information content (AvgIpc) is 3.17. The number of phosphoric acid groups is 3. The van der Waals surface area contributed by atoms with Crippen LogP contribution in [0.1, 0.15) is 13.2 Å². The van der Waals surface area contributed by atoms with Gasteiger partial charge in [0.25, 0.3) is 0 Å². The summed E-state index contributed by atoms with van der Waals surface area (Å²) >= 11 is 12.1. The van der Waals surface area contributed by atoms with E-state index in [0.717, 1.165) is 6.92 Å². The fourth-order valence-electron chi connectivity index (χ4n) is 3.13. The molecule has 1 aliphatic heterocycles. The number of hydrogen-bond acceptors (Lipinski definition) is 12. The highest BCUT2D eigenvalue weighted by molar-refractivity contribution is 7.66. The maximum atomic E-state index is 12.2. The standard InChI is InChI=1S/C13H16Cl2N5O12P3/c1-6(30-34(25,26)32-35(27,28)31-33(22,23)24)8-9(21)13(15,2-3-14)11(29-8)20-5-18-7-4-17-12(16)19-10(7)20/h4-6,8-9,11,21H,1H3,(H,25,26)(H,27,28)(H2,16,17,19)(H2,22,23,24)/t6-,8+,9-,11+,13?/m0/s1. The van der Waals surface area contributed by atoms with Crippen molar-refractivity contribution in [3.8, 4) is 11.3 Å². The number of rotatable bonds is 8. The summed E-state index contributed by atoms with van der Waals surface area (Å²) in [7, 11) is -16.9. The number of nitrogens with two attached hydrogens (primary N) is 1. The van der Waals surface area contributed by atoms with Crippen molar-refractivity contribution in [3.05, 3.63) is 12.5 Å². The number of hydrogen-bond donors (Lipinski definition) is 6. The molecule has 0 aromatic carbocycles. The Morgan fingerprint density at radius 2 is 1.89 bits per heavy atom. The number of imidazole rings is 1. The van der Waals surface area contributed by atoms with Gasteiger partial charge in [0.05, 0.1) is 18.6 Å². The normalized spacial score (nSPS) is 29.2. The molecule has 17 nitrogen and oxygen atoms in total. The maximum absolute atomic E-state index is 12.2. The molecule has 7 atom stereocenters. The van der Waals surface area contributed by atoms with Gasteiger partial charge in [0, 0.05) is 5.38 Å². The SMILES string of the molecule is C[C@H](OP(=O)(O)OP(=O)(O)OP(=O)(O)O)[C@H]1O[C@@H](n2cnc3cnc(N)nc32)C(Cl)(C#CCl)[C@H]1O. The Bertz CT molecular complexity index is 1330. The summed E-state index contributed by atoms with van der Waals surface area (Å²) in [5.41, 5.74) is 5.99. The molecular formula is C13H16Cl2N5O12P3. The quantitative estimate of drug-likeness (QED) is 0.138. The molecule has 194 valence electrons. The van der Waals surface area contributed by atoms with Crippen LogP contribution in [0.3, 0.4) is 0 Å². The molecular weight excluding hydrogens is 582 g/mol. The van der Waals surface area contributed by atoms with Crippen molar-refractivity contribution in [1.29, 1.82) is 0 Å². The van der Waals surface area contributed by atoms with Gasteiger partial charge in [0.15, 0.2) is 16.7 Å². The van der Waals surface area contributed by atoms with Gasteiger partial charge in [-0.15, -0.1) is 0 Å². The number of anilines is 1. The minimum Gasteiger partial charge on any atom is -0.387 e. The third kappa shape index (κ3) is 6.40. The summed E-state index contributed by atoms with van der Waals surface area (Å²) < 4.78 is 53.5. The van der Waals surface area contributed by atoms with Gasteiger partial charge < -0.3 is 35.2 Å². The van der Waals surface area contributed by atoms with Crippen LogP contribution >= 0.6 is 46.7 Å². The van der Waals surface area contributed by atoms with Gasteiger partial charge in [0.1, 0.15) is 17.7 Å². The van der Waals surface area contributed by atoms with Crippen molar-refractivity contribution < 1.29 is 56.3 Å². The molecule has 0 spiro atoms. The van der Waals surface area contributed by atoms with Crippen molar-refractivity contribution >= 4 is 63.8 Å². The molecule has 0 saturated carbocycles. The van der Waals surface area contributed by atoms with E-state index >= 15 is 0 Å². The first-order chi connectivity index (χ1) is 16.0. The first-order valence-electron chi connectivity index (χ1n) is 8.90. The van der Waals surface area contributed by atoms with Crippen LogP contribution in [-0.4, -0.2) is 67.4 Å². The molecule has 35 heavy (non-hydrogen) atoms. The molecule has 0 amide bonds. The van der Waals surface area contributed by atoms with Crippen molar-refractivity contribution in [3.63, 3.8) is 0 Å². The second kappa shape index (κ2) is 9.94. The topological polar surface area (TPSA) is 259 Å². The highest BCUT2D eigenvalue weighted by atomic mass is 35.5. The van der Waals surface area contributed by atoms with Crippen LogP contribution < -0.4 is 5.73 Å². The Morgan fingerprint density at radius 1 is 1.23 bits per heavy atom. The molecule has 7 N–H and O–H groups in total. The van der Waals surface area contributed by atoms with Gasteiger partial charge in [-0.2, -0.15) is 13.6 Å². The molecule has 3 unspecified atom stereocenters. The molecule has 0 radical (unpaired) electrons. The van der Waals surface area contributed by atoms with E-state index in [1.807, 2.05) is 5.38 Å². The van der Waals surface area contributed by atoms with E-state index in [1.54, 1.807) is 0 Å². The number of aliphatic hydroxyl groups excluding tert-OH is 1. The van der Waals surface area contributed by atoms with Crippen LogP contribution in [0.25, 0.3) is 11.2 Å². The van der Waals surface area contributed by atoms with E-state index in [-0.39, 0.29) is 17.1 Å². The van der Waals surface area contributed by atoms with Gasteiger partial charge in [-0.25, -0.2) is 23.7 Å². The van der Waals surface area contributed by atoms with Crippen LogP contribution in [0.5, 0.6) is 0 Å². The van der Waals surface area contributed by atoms with Gasteiger partial charge in [-0.3, -0.25) is 9.09 Å². The Hall–Kier alpha value is -1.18. The van der Waals surface area contributed by atoms with Crippen LogP contribution in [0.4, 0.5) is 5.95 Å². The number of nitrogen functional groups attached to an aromatic ring is 1. The van der Waals surface area contributed by atoms with E-state index in [4.69, 9.17) is 48.0 Å². The Balaban J connectivity index is 1.89. The molecule has 1 aliphatic rings. The van der Waals surface area contributed by atoms with Gasteiger partial charge in [-0.05, 0) is 18.5 Å². The van der Waals surface area contributed by atoms with Crippen molar-refractivity contribution in [2.24, 2.45) is 0 Å². The lowest BCUT2D eigenvalue weighted by Gasteiger charge is -2.26. The molecule has 0 bridgehead atoms. The minimum absolute atomic E-state index is 0.122. The number of aliphatic hydroxyl groups is 1. The predicted molar refractivity (Wildman–Crippen MR) is 116 cm³/mol. The van der Waals surface area contributed by atoms with E-state index in [9.17, 15) is 28.6 Å². The second-order valence-corrected chi connectivity index (χ2v) is 12.1. The van der Waals surface area contributed by atoms with Gasteiger partial charge >= 0.3 is 23.5 Å². The number of phosphoric ester groups is 1. The average molecular weight is 598 g/mol. The smallest absolute Gasteiger partial charge is 0.387 e. The Kier molecular flexibility index (Phi) is 8.06. The zero-order valence-corrected chi connectivity index (χ0v) is 21.2. The fourth-order valence-corrected chi connectivity index (χ4v) is 6.86. The zero-order valence-electron chi connectivity index (χ0n) is 17.0. The van der Waals surface area contributed by atoms with Crippen molar-refractivity contribution in [1.82, 2.24) is 19.5 Å². The second-order valence-electron chi connectivity index (χ2n) is 6.88. The lowest BCUT2D eigenvalue weighted by molar-refractivity contribution is -0.0728. The van der Waals surface area contributed by atoms with E-state index < -0.39 is 52.9 Å². The van der Waals surface area contributed by atoms with Gasteiger partial charge in [0.2, 0.25) is 5.95 Å². The number of nitrogens with zero attached hydrogens (tertiary/aromatic N) is 4. The van der Waals surface area contributed by atoms with Gasteiger partial charge in [-0.1, -0.05) is 17.5 Å². The molecule has 3 rings (SSSR count). The lowest BCUT2D eigenvalue weighted by atomic mass is 9.97. The number of halogens is 2. The first kappa shape index (κ1) is 28.4. The summed E-state index contributed by atoms with van der Waals surface area (Å²) in [6.45, 7) is 1.09. The number of alkyl halides is 1. The summed E-state index contributed by atoms with van der Waals surface area (Å²) in [6.07, 6.45) is -3.82. The Morgan fingerprint density at radius 3 is 2.49 bits per heavy atom. The predicted octanol–water partition coefficient (Wildman–Crippen LogP) is 0.576. The highest BCUT2D eigenvalue weighted by Crippen LogP contribution is 2.66. The third-order valence-electron chi connectivity index (χ3n) is 4.39. The lowest BCUT2D eigenvalue weighted by Crippen LogP contribution is -2.43. The monoisotopic (exact) mass is 597 g/mol. The summed E-state index contributed by atoms with van der Waals surface area (Å²) in [6, 6.07) is 0. The summed E-state index contributed by atoms with van der Waals surface area (Å²) in [5, 5.41) is 12.9. The maximum Gasteiger partial charge on any atom is 0.490 e. The molecule has 2 aromatic heterocycles. The molecule has 2 aromatic rings. The third-order valence-corrected chi connectivity index (χ3v) is 8.92. The molecule has 3 heterocycles. The van der Waals surface area contributed by atoms with E-state index in [0.29, 0.717) is 0 Å². The molecule has 1 saturated heterocycles. The number of ether oxygens (including phenoxy) is 1. The summed E-state index contributed by atoms with van der Waals surface area (Å²) in [4.78, 5) is 46.2. The highest BCUT2D eigenvalue weighted by Gasteiger charge is 2.58. The minimum atomic E-state index is -5.77. The zero-order chi connectivity index (χ0) is 26.4. The largest absolute Gasteiger partial charge is 0.490 e. The van der Waals surface area contributed by atoms with E-state index in [2.05, 4.69) is 29.5 Å². The number of aromatic nitrogens is 4.